The summed E-state index contributed by atoms with van der Waals surface area (Å²) in [6.07, 6.45) is 0. The van der Waals surface area contributed by atoms with Crippen LogP contribution >= 0.6 is 10.7 Å². The predicted molar refractivity (Wildman–Crippen MR) is 30.8 cm³/mol. The van der Waals surface area contributed by atoms with E-state index < -0.39 is 23.8 Å². The van der Waals surface area contributed by atoms with Crippen molar-refractivity contribution < 1.29 is 34.5 Å². The second-order valence-electron chi connectivity index (χ2n) is 1.42. The molecule has 0 rings (SSSR count). The molecule has 0 saturated heterocycles. The summed E-state index contributed by atoms with van der Waals surface area (Å²) in [5.74, 6) is 0. The highest BCUT2D eigenvalue weighted by molar-refractivity contribution is 8.22. The molecule has 12 heavy (non-hydrogen) atoms. The molecule has 0 heterocycles. The molecular formula is CClF3O5S2. The Morgan fingerprint density at radius 1 is 1.17 bits per heavy atom. The molecule has 0 radical (unpaired) electrons. The maximum Gasteiger partial charge on any atom is 0.487 e. The van der Waals surface area contributed by atoms with E-state index in [1.807, 2.05) is 0 Å². The third kappa shape index (κ3) is 1.81. The van der Waals surface area contributed by atoms with Gasteiger partial charge in [-0.3, -0.25) is 0 Å². The number of rotatable bonds is 3. The van der Waals surface area contributed by atoms with Crippen molar-refractivity contribution >= 4 is 29.9 Å². The molecule has 0 aliphatic heterocycles. The Hall–Kier alpha value is -0.0600. The topological polar surface area (TPSA) is 77.5 Å². The van der Waals surface area contributed by atoms with E-state index in [9.17, 15) is 30.1 Å². The molecule has 0 unspecified atom stereocenters. The summed E-state index contributed by atoms with van der Waals surface area (Å²) in [4.78, 5) is 0. The van der Waals surface area contributed by atoms with Crippen LogP contribution in [0.1, 0.15) is 0 Å². The lowest BCUT2D eigenvalue weighted by atomic mass is 11.6. The highest BCUT2D eigenvalue weighted by atomic mass is 35.7. The molecule has 0 spiro atoms. The smallest absolute Gasteiger partial charge is 0.204 e. The summed E-state index contributed by atoms with van der Waals surface area (Å²) in [6, 6.07) is 0. The van der Waals surface area contributed by atoms with E-state index in [0.717, 1.165) is 0 Å². The quantitative estimate of drug-likeness (QED) is 0.673. The van der Waals surface area contributed by atoms with Gasteiger partial charge in [0.25, 0.3) is 0 Å². The van der Waals surface area contributed by atoms with Gasteiger partial charge in [0.1, 0.15) is 0 Å². The van der Waals surface area contributed by atoms with Crippen molar-refractivity contribution in [2.24, 2.45) is 0 Å². The van der Waals surface area contributed by atoms with Crippen LogP contribution in [0.15, 0.2) is 0 Å². The summed E-state index contributed by atoms with van der Waals surface area (Å²) in [7, 11) is -7.98. The van der Waals surface area contributed by atoms with Crippen LogP contribution in [-0.4, -0.2) is 21.4 Å². The Bertz CT molecular complexity index is 354. The average Bonchev–Trinajstić information content (AvgIpc) is 1.85. The van der Waals surface area contributed by atoms with Crippen molar-refractivity contribution in [3.05, 3.63) is 0 Å². The third-order valence-electron chi connectivity index (χ3n) is 0.658. The Morgan fingerprint density at radius 3 is 1.58 bits per heavy atom. The Labute approximate surface area is 69.5 Å². The van der Waals surface area contributed by atoms with E-state index in [4.69, 9.17) is 0 Å². The molecule has 0 aromatic carbocycles. The van der Waals surface area contributed by atoms with Gasteiger partial charge in [-0.1, -0.05) is 4.39 Å². The standard InChI is InChI=1S/CClF3O5S2/c2-11(6,7)1(3,4)12(8,9)10-5. The summed E-state index contributed by atoms with van der Waals surface area (Å²) in [5, 5.41) is 0. The maximum absolute atomic E-state index is 12.0. The normalized spacial score (nSPS) is 14.7. The van der Waals surface area contributed by atoms with Crippen molar-refractivity contribution in [3.8, 4) is 0 Å². The van der Waals surface area contributed by atoms with Crippen molar-refractivity contribution in [3.63, 3.8) is 0 Å². The SMILES string of the molecule is O=S(=O)(Cl)C(F)(F)S(=O)(=O)OF. The van der Waals surface area contributed by atoms with Gasteiger partial charge < -0.3 is 0 Å². The zero-order valence-corrected chi connectivity index (χ0v) is 7.26. The van der Waals surface area contributed by atoms with Gasteiger partial charge in [-0.25, -0.2) is 8.42 Å². The number of hydrogen-bond acceptors (Lipinski definition) is 5. The lowest BCUT2D eigenvalue weighted by molar-refractivity contribution is -0.0128. The predicted octanol–water partition coefficient (Wildman–Crippen LogP) is 0.336. The van der Waals surface area contributed by atoms with Gasteiger partial charge in [0.05, 0.1) is 0 Å². The molecule has 0 aliphatic rings. The molecule has 0 aromatic rings. The molecule has 0 aliphatic carbocycles. The van der Waals surface area contributed by atoms with Gasteiger partial charge in [0.2, 0.25) is 0 Å². The van der Waals surface area contributed by atoms with E-state index in [-0.39, 0.29) is 0 Å². The molecule has 0 aromatic heterocycles. The zero-order valence-electron chi connectivity index (χ0n) is 4.87. The van der Waals surface area contributed by atoms with Crippen molar-refractivity contribution in [1.29, 1.82) is 0 Å². The van der Waals surface area contributed by atoms with Gasteiger partial charge in [-0.15, -0.1) is 0 Å². The molecular weight excluding hydrogens is 249 g/mol. The lowest BCUT2D eigenvalue weighted by Gasteiger charge is -2.07. The highest BCUT2D eigenvalue weighted by Crippen LogP contribution is 2.32. The van der Waals surface area contributed by atoms with Gasteiger partial charge in [0, 0.05) is 10.7 Å². The molecule has 0 bridgehead atoms. The minimum absolute atomic E-state index is 1.79. The van der Waals surface area contributed by atoms with Gasteiger partial charge in [0.15, 0.2) is 0 Å². The van der Waals surface area contributed by atoms with Crippen LogP contribution in [0.5, 0.6) is 0 Å². The second-order valence-corrected chi connectivity index (χ2v) is 5.83. The second kappa shape index (κ2) is 3.01. The molecule has 0 saturated carbocycles. The van der Waals surface area contributed by atoms with E-state index >= 15 is 0 Å². The summed E-state index contributed by atoms with van der Waals surface area (Å²) in [6.45, 7) is 0. The van der Waals surface area contributed by atoms with Gasteiger partial charge in [-0.05, 0) is 4.53 Å². The first-order valence-corrected chi connectivity index (χ1v) is 5.65. The fourth-order valence-electron chi connectivity index (χ4n) is 0.159. The van der Waals surface area contributed by atoms with Gasteiger partial charge >= 0.3 is 23.8 Å². The van der Waals surface area contributed by atoms with Crippen molar-refractivity contribution in [2.45, 2.75) is 4.59 Å². The van der Waals surface area contributed by atoms with E-state index in [1.165, 1.54) is 0 Å². The van der Waals surface area contributed by atoms with Crippen LogP contribution in [0, 0.1) is 0 Å². The zero-order chi connectivity index (χ0) is 10.2. The van der Waals surface area contributed by atoms with E-state index in [2.05, 4.69) is 10.7 Å². The van der Waals surface area contributed by atoms with Crippen LogP contribution in [0.4, 0.5) is 13.3 Å². The monoisotopic (exact) mass is 248 g/mol. The van der Waals surface area contributed by atoms with Crippen LogP contribution in [-0.2, 0) is 23.6 Å². The van der Waals surface area contributed by atoms with E-state index in [0.29, 0.717) is 0 Å². The molecule has 0 atom stereocenters. The van der Waals surface area contributed by atoms with Crippen LogP contribution in [0.2, 0.25) is 0 Å². The summed E-state index contributed by atoms with van der Waals surface area (Å²) >= 11 is 0. The largest absolute Gasteiger partial charge is 0.487 e. The van der Waals surface area contributed by atoms with Crippen molar-refractivity contribution in [2.75, 3.05) is 0 Å². The Morgan fingerprint density at radius 2 is 1.50 bits per heavy atom. The number of hydrogen-bond donors (Lipinski definition) is 0. The highest BCUT2D eigenvalue weighted by Gasteiger charge is 2.59. The first-order valence-electron chi connectivity index (χ1n) is 1.93. The van der Waals surface area contributed by atoms with Gasteiger partial charge in [-0.2, -0.15) is 17.2 Å². The minimum atomic E-state index is -6.18. The summed E-state index contributed by atoms with van der Waals surface area (Å²) in [5.41, 5.74) is 0. The molecule has 11 heteroatoms. The van der Waals surface area contributed by atoms with Crippen LogP contribution in [0.3, 0.4) is 0 Å². The molecule has 74 valence electrons. The fraction of sp³-hybridized carbons (Fsp3) is 1.00. The molecule has 0 N–H and O–H groups in total. The first kappa shape index (κ1) is 11.9. The number of alkyl halides is 2. The first-order chi connectivity index (χ1) is 5.06. The Balaban J connectivity index is 5.46. The van der Waals surface area contributed by atoms with Crippen molar-refractivity contribution in [1.82, 2.24) is 0 Å². The molecule has 0 amide bonds. The van der Waals surface area contributed by atoms with Crippen LogP contribution < -0.4 is 0 Å². The Kier molecular flexibility index (Phi) is 3.00. The number of halogens is 4. The minimum Gasteiger partial charge on any atom is -0.204 e. The molecule has 5 nitrogen and oxygen atoms in total. The average molecular weight is 249 g/mol. The third-order valence-corrected chi connectivity index (χ3v) is 4.10. The summed E-state index contributed by atoms with van der Waals surface area (Å²) < 4.78 is 70.7. The lowest BCUT2D eigenvalue weighted by Crippen LogP contribution is -2.34. The molecule has 0 fully saturated rings. The maximum atomic E-state index is 12.0. The van der Waals surface area contributed by atoms with E-state index in [1.54, 1.807) is 4.39 Å². The fourth-order valence-corrected chi connectivity index (χ4v) is 1.98. The van der Waals surface area contributed by atoms with Crippen LogP contribution in [0.25, 0.3) is 0 Å².